The highest BCUT2D eigenvalue weighted by Gasteiger charge is 2.25. The minimum atomic E-state index is 0.120. The minimum absolute atomic E-state index is 0.120. The van der Waals surface area contributed by atoms with Gasteiger partial charge in [0, 0.05) is 0 Å². The summed E-state index contributed by atoms with van der Waals surface area (Å²) in [6.07, 6.45) is 13.2. The fourth-order valence-electron chi connectivity index (χ4n) is 3.48. The monoisotopic (exact) mass is 344 g/mol. The number of nitrogens with zero attached hydrogens (tertiary/aromatic N) is 1. The van der Waals surface area contributed by atoms with E-state index in [0.717, 1.165) is 31.7 Å². The third-order valence-corrected chi connectivity index (χ3v) is 5.03. The first kappa shape index (κ1) is 23.5. The van der Waals surface area contributed by atoms with Gasteiger partial charge >= 0.3 is 0 Å². The Kier molecular flexibility index (Phi) is 15.7. The zero-order valence-electron chi connectivity index (χ0n) is 16.2. The molecule has 4 heteroatoms. The number of carbonyl (C=O) groups is 1. The summed E-state index contributed by atoms with van der Waals surface area (Å²) in [7, 11) is 0. The van der Waals surface area contributed by atoms with E-state index < -0.39 is 0 Å². The van der Waals surface area contributed by atoms with Crippen molar-refractivity contribution in [2.75, 3.05) is 39.4 Å². The van der Waals surface area contributed by atoms with Crippen LogP contribution in [0.3, 0.4) is 0 Å². The standard InChI is InChI=1S/C20H42NO3/c1-20(2)12-9-7-5-3-4-6-8-10-13-21(15-18-23,16-19-24)14-11-17-22/h17,20,23-24H,3-16,18-19H2,1-2H3/q+1. The van der Waals surface area contributed by atoms with Crippen molar-refractivity contribution in [1.82, 2.24) is 0 Å². The molecule has 0 saturated carbocycles. The number of rotatable bonds is 18. The van der Waals surface area contributed by atoms with Crippen molar-refractivity contribution in [3.8, 4) is 0 Å². The van der Waals surface area contributed by atoms with Gasteiger partial charge in [-0.05, 0) is 18.8 Å². The Hall–Kier alpha value is -0.450. The Bertz CT molecular complexity index is 276. The first-order chi connectivity index (χ1) is 11.6. The third kappa shape index (κ3) is 12.9. The predicted octanol–water partition coefficient (Wildman–Crippen LogP) is 3.54. The van der Waals surface area contributed by atoms with Gasteiger partial charge in [-0.15, -0.1) is 0 Å². The Balaban J connectivity index is 3.80. The molecule has 0 bridgehead atoms. The Morgan fingerprint density at radius 3 is 1.71 bits per heavy atom. The van der Waals surface area contributed by atoms with Crippen molar-refractivity contribution in [2.24, 2.45) is 5.92 Å². The lowest BCUT2D eigenvalue weighted by molar-refractivity contribution is -0.928. The molecule has 0 atom stereocenters. The molecule has 24 heavy (non-hydrogen) atoms. The molecule has 0 spiro atoms. The van der Waals surface area contributed by atoms with Gasteiger partial charge in [-0.2, -0.15) is 0 Å². The van der Waals surface area contributed by atoms with E-state index in [2.05, 4.69) is 13.8 Å². The van der Waals surface area contributed by atoms with Gasteiger partial charge in [0.1, 0.15) is 19.4 Å². The van der Waals surface area contributed by atoms with Gasteiger partial charge in [-0.25, -0.2) is 0 Å². The second kappa shape index (κ2) is 16.0. The Morgan fingerprint density at radius 2 is 1.25 bits per heavy atom. The topological polar surface area (TPSA) is 57.5 Å². The van der Waals surface area contributed by atoms with Crippen LogP contribution in [-0.2, 0) is 4.79 Å². The maximum atomic E-state index is 10.7. The number of carbonyl (C=O) groups excluding carboxylic acids is 1. The molecule has 0 heterocycles. The van der Waals surface area contributed by atoms with E-state index in [4.69, 9.17) is 0 Å². The maximum absolute atomic E-state index is 10.7. The van der Waals surface area contributed by atoms with Crippen LogP contribution >= 0.6 is 0 Å². The van der Waals surface area contributed by atoms with Crippen LogP contribution in [0.5, 0.6) is 0 Å². The van der Waals surface area contributed by atoms with Crippen molar-refractivity contribution in [3.05, 3.63) is 0 Å². The fourth-order valence-corrected chi connectivity index (χ4v) is 3.48. The molecule has 0 unspecified atom stereocenters. The number of hydrogen-bond acceptors (Lipinski definition) is 3. The van der Waals surface area contributed by atoms with Gasteiger partial charge in [0.25, 0.3) is 0 Å². The molecule has 0 fully saturated rings. The minimum Gasteiger partial charge on any atom is -0.391 e. The zero-order valence-corrected chi connectivity index (χ0v) is 16.2. The molecule has 0 aromatic rings. The summed E-state index contributed by atoms with van der Waals surface area (Å²) in [5.74, 6) is 0.834. The molecule has 2 N–H and O–H groups in total. The molecule has 0 aliphatic heterocycles. The molecular formula is C20H42NO3+. The van der Waals surface area contributed by atoms with Crippen molar-refractivity contribution in [3.63, 3.8) is 0 Å². The van der Waals surface area contributed by atoms with Crippen molar-refractivity contribution in [1.29, 1.82) is 0 Å². The quantitative estimate of drug-likeness (QED) is 0.227. The van der Waals surface area contributed by atoms with Crippen LogP contribution in [-0.4, -0.2) is 60.4 Å². The summed E-state index contributed by atoms with van der Waals surface area (Å²) < 4.78 is 0.681. The van der Waals surface area contributed by atoms with E-state index in [0.29, 0.717) is 24.0 Å². The van der Waals surface area contributed by atoms with E-state index in [1.807, 2.05) is 0 Å². The largest absolute Gasteiger partial charge is 0.391 e. The number of aliphatic hydroxyl groups is 2. The highest BCUT2D eigenvalue weighted by atomic mass is 16.3. The first-order valence-corrected chi connectivity index (χ1v) is 10.1. The smallest absolute Gasteiger partial charge is 0.125 e. The van der Waals surface area contributed by atoms with Gasteiger partial charge in [0.05, 0.1) is 32.7 Å². The van der Waals surface area contributed by atoms with Gasteiger partial charge < -0.3 is 19.5 Å². The third-order valence-electron chi connectivity index (χ3n) is 5.03. The molecule has 0 aromatic heterocycles. The van der Waals surface area contributed by atoms with Gasteiger partial charge in [-0.1, -0.05) is 58.8 Å². The normalized spacial score (nSPS) is 12.0. The van der Waals surface area contributed by atoms with Crippen LogP contribution in [0.15, 0.2) is 0 Å². The molecule has 4 nitrogen and oxygen atoms in total. The number of quaternary nitrogens is 1. The van der Waals surface area contributed by atoms with Crippen LogP contribution in [0, 0.1) is 5.92 Å². The summed E-state index contributed by atoms with van der Waals surface area (Å²) in [5, 5.41) is 18.6. The lowest BCUT2D eigenvalue weighted by Crippen LogP contribution is -2.53. The van der Waals surface area contributed by atoms with Crippen molar-refractivity contribution in [2.45, 2.75) is 78.1 Å². The predicted molar refractivity (Wildman–Crippen MR) is 101 cm³/mol. The van der Waals surface area contributed by atoms with E-state index in [-0.39, 0.29) is 13.2 Å². The second-order valence-electron chi connectivity index (χ2n) is 7.65. The van der Waals surface area contributed by atoms with Crippen molar-refractivity contribution >= 4 is 6.29 Å². The van der Waals surface area contributed by atoms with Crippen LogP contribution in [0.4, 0.5) is 0 Å². The molecule has 0 aliphatic rings. The Morgan fingerprint density at radius 1 is 0.750 bits per heavy atom. The molecule has 0 aliphatic carbocycles. The van der Waals surface area contributed by atoms with Crippen LogP contribution in [0.1, 0.15) is 78.1 Å². The SMILES string of the molecule is CC(C)CCCCCCCCCC[N+](CCO)(CCO)CCC=O. The summed E-state index contributed by atoms with van der Waals surface area (Å²) in [5.41, 5.74) is 0. The summed E-state index contributed by atoms with van der Waals surface area (Å²) in [4.78, 5) is 10.7. The van der Waals surface area contributed by atoms with Gasteiger partial charge in [-0.3, -0.25) is 0 Å². The molecule has 0 amide bonds. The summed E-state index contributed by atoms with van der Waals surface area (Å²) in [6.45, 7) is 7.81. The average molecular weight is 345 g/mol. The van der Waals surface area contributed by atoms with E-state index in [1.165, 1.54) is 51.4 Å². The van der Waals surface area contributed by atoms with Crippen LogP contribution < -0.4 is 0 Å². The average Bonchev–Trinajstić information content (AvgIpc) is 2.55. The van der Waals surface area contributed by atoms with E-state index in [9.17, 15) is 15.0 Å². The molecule has 0 rings (SSSR count). The van der Waals surface area contributed by atoms with E-state index in [1.54, 1.807) is 0 Å². The Labute approximate surface area is 149 Å². The number of aldehydes is 1. The highest BCUT2D eigenvalue weighted by molar-refractivity contribution is 5.49. The van der Waals surface area contributed by atoms with Crippen LogP contribution in [0.25, 0.3) is 0 Å². The number of unbranched alkanes of at least 4 members (excludes halogenated alkanes) is 7. The summed E-state index contributed by atoms with van der Waals surface area (Å²) in [6, 6.07) is 0. The first-order valence-electron chi connectivity index (χ1n) is 10.1. The summed E-state index contributed by atoms with van der Waals surface area (Å²) >= 11 is 0. The molecule has 0 saturated heterocycles. The lowest BCUT2D eigenvalue weighted by Gasteiger charge is -2.37. The lowest BCUT2D eigenvalue weighted by atomic mass is 10.0. The molecular weight excluding hydrogens is 302 g/mol. The fraction of sp³-hybridized carbons (Fsp3) is 0.950. The molecule has 144 valence electrons. The van der Waals surface area contributed by atoms with E-state index >= 15 is 0 Å². The number of hydrogen-bond donors (Lipinski definition) is 2. The number of aliphatic hydroxyl groups excluding tert-OH is 2. The van der Waals surface area contributed by atoms with Gasteiger partial charge in [0.2, 0.25) is 0 Å². The van der Waals surface area contributed by atoms with Gasteiger partial charge in [0.15, 0.2) is 0 Å². The van der Waals surface area contributed by atoms with Crippen LogP contribution in [0.2, 0.25) is 0 Å². The highest BCUT2D eigenvalue weighted by Crippen LogP contribution is 2.15. The zero-order chi connectivity index (χ0) is 18.1. The molecule has 0 aromatic carbocycles. The van der Waals surface area contributed by atoms with Crippen molar-refractivity contribution < 1.29 is 19.5 Å². The second-order valence-corrected chi connectivity index (χ2v) is 7.65. The maximum Gasteiger partial charge on any atom is 0.125 e. The molecule has 0 radical (unpaired) electrons.